The van der Waals surface area contributed by atoms with Gasteiger partial charge in [-0.25, -0.2) is 12.6 Å². The second-order valence-electron chi connectivity index (χ2n) is 14.8. The zero-order chi connectivity index (χ0) is 38.7. The molecule has 0 aliphatic heterocycles. The molecule has 3 atom stereocenters. The number of para-hydroxylation sites is 1. The van der Waals surface area contributed by atoms with Gasteiger partial charge in [-0.15, -0.1) is 0 Å². The molecule has 0 saturated carbocycles. The SMILES string of the molecule is C=Cc1ccc(CCC(C)(C(=O)OC(C)(C)C)S(=O)Oc2ccccc2)cc1.C=Cc1ccc(CCC(C)(C(=O)OC(C)(C)C)S(C)(=O)=O)cc1. The standard InChI is InChI=1S/C23H28O4S.C18H26O4S/c1-6-18-12-14-19(15-13-18)16-17-23(5,21(24)26-22(2,3)4)28(25)27-20-10-8-7-9-11-20;1-7-14-8-10-15(11-9-14)12-13-18(5,23(6,20)21)16(19)22-17(2,3)4/h6-15H,1,16-17H2,2-5H3;7-11H,1,12-13H2,2-6H3. The van der Waals surface area contributed by atoms with E-state index < -0.39 is 53.6 Å². The lowest BCUT2D eigenvalue weighted by Crippen LogP contribution is -2.47. The van der Waals surface area contributed by atoms with Crippen molar-refractivity contribution in [1.29, 1.82) is 0 Å². The average molecular weight is 739 g/mol. The predicted octanol–water partition coefficient (Wildman–Crippen LogP) is 8.51. The number of carbonyl (C=O) groups is 2. The van der Waals surface area contributed by atoms with Crippen LogP contribution in [-0.4, -0.2) is 51.5 Å². The first-order valence-corrected chi connectivity index (χ1v) is 19.7. The molecular formula is C41H54O8S2. The minimum Gasteiger partial charge on any atom is -0.459 e. The van der Waals surface area contributed by atoms with Gasteiger partial charge in [0.25, 0.3) is 0 Å². The molecule has 8 nitrogen and oxygen atoms in total. The zero-order valence-corrected chi connectivity index (χ0v) is 33.1. The van der Waals surface area contributed by atoms with Crippen LogP contribution in [0.25, 0.3) is 12.2 Å². The van der Waals surface area contributed by atoms with Crippen LogP contribution in [0.5, 0.6) is 5.75 Å². The van der Waals surface area contributed by atoms with Crippen molar-refractivity contribution < 1.29 is 35.9 Å². The highest BCUT2D eigenvalue weighted by atomic mass is 32.2. The summed E-state index contributed by atoms with van der Waals surface area (Å²) in [6.45, 7) is 21.1. The van der Waals surface area contributed by atoms with Gasteiger partial charge in [-0.1, -0.05) is 92.0 Å². The van der Waals surface area contributed by atoms with Crippen molar-refractivity contribution in [2.24, 2.45) is 0 Å². The van der Waals surface area contributed by atoms with Crippen molar-refractivity contribution in [1.82, 2.24) is 0 Å². The van der Waals surface area contributed by atoms with Crippen LogP contribution >= 0.6 is 0 Å². The number of sulfone groups is 1. The van der Waals surface area contributed by atoms with Gasteiger partial charge in [0.2, 0.25) is 11.1 Å². The highest BCUT2D eigenvalue weighted by Crippen LogP contribution is 2.29. The fourth-order valence-electron chi connectivity index (χ4n) is 4.53. The van der Waals surface area contributed by atoms with Gasteiger partial charge in [-0.2, -0.15) is 0 Å². The third kappa shape index (κ3) is 13.6. The minimum absolute atomic E-state index is 0.175. The molecule has 0 N–H and O–H groups in total. The maximum atomic E-state index is 13.1. The molecular weight excluding hydrogens is 685 g/mol. The summed E-state index contributed by atoms with van der Waals surface area (Å²) in [5.41, 5.74) is 2.61. The number of esters is 2. The maximum absolute atomic E-state index is 13.1. The highest BCUT2D eigenvalue weighted by Gasteiger charge is 2.46. The van der Waals surface area contributed by atoms with Crippen LogP contribution in [0.4, 0.5) is 0 Å². The van der Waals surface area contributed by atoms with Gasteiger partial charge >= 0.3 is 11.9 Å². The number of aryl methyl sites for hydroxylation is 2. The molecule has 3 aromatic rings. The third-order valence-electron chi connectivity index (χ3n) is 7.98. The summed E-state index contributed by atoms with van der Waals surface area (Å²) in [7, 11) is -3.61. The van der Waals surface area contributed by atoms with E-state index in [0.717, 1.165) is 28.5 Å². The zero-order valence-electron chi connectivity index (χ0n) is 31.5. The summed E-state index contributed by atoms with van der Waals surface area (Å²) in [5.74, 6) is -0.779. The smallest absolute Gasteiger partial charge is 0.328 e. The molecule has 0 fully saturated rings. The van der Waals surface area contributed by atoms with Gasteiger partial charge in [0.15, 0.2) is 19.3 Å². The van der Waals surface area contributed by atoms with E-state index in [0.29, 0.717) is 25.0 Å². The van der Waals surface area contributed by atoms with Gasteiger partial charge < -0.3 is 13.7 Å². The molecule has 0 heterocycles. The first-order valence-electron chi connectivity index (χ1n) is 16.8. The molecule has 0 aliphatic rings. The van der Waals surface area contributed by atoms with Gasteiger partial charge in [-0.05, 0) is 115 Å². The van der Waals surface area contributed by atoms with Crippen LogP contribution in [0, 0.1) is 0 Å². The van der Waals surface area contributed by atoms with Gasteiger partial charge in [0, 0.05) is 6.26 Å². The van der Waals surface area contributed by atoms with E-state index in [-0.39, 0.29) is 6.42 Å². The average Bonchev–Trinajstić information content (AvgIpc) is 3.05. The molecule has 3 unspecified atom stereocenters. The van der Waals surface area contributed by atoms with Crippen molar-refractivity contribution in [3.8, 4) is 5.75 Å². The van der Waals surface area contributed by atoms with E-state index in [9.17, 15) is 22.2 Å². The fraction of sp³-hybridized carbons (Fsp3) is 0.415. The van der Waals surface area contributed by atoms with E-state index >= 15 is 0 Å². The number of rotatable bonds is 14. The molecule has 0 radical (unpaired) electrons. The number of hydrogen-bond donors (Lipinski definition) is 0. The highest BCUT2D eigenvalue weighted by molar-refractivity contribution is 7.92. The quantitative estimate of drug-likeness (QED) is 0.151. The van der Waals surface area contributed by atoms with Gasteiger partial charge in [-0.3, -0.25) is 9.59 Å². The van der Waals surface area contributed by atoms with Crippen LogP contribution < -0.4 is 4.18 Å². The molecule has 0 bridgehead atoms. The lowest BCUT2D eigenvalue weighted by Gasteiger charge is -2.30. The van der Waals surface area contributed by atoms with Crippen LogP contribution in [0.3, 0.4) is 0 Å². The van der Waals surface area contributed by atoms with Gasteiger partial charge in [0.05, 0.1) is 0 Å². The van der Waals surface area contributed by atoms with Crippen molar-refractivity contribution in [3.05, 3.63) is 114 Å². The van der Waals surface area contributed by atoms with E-state index in [1.165, 1.54) is 6.92 Å². The van der Waals surface area contributed by atoms with Crippen LogP contribution in [0.2, 0.25) is 0 Å². The Morgan fingerprint density at radius 1 is 0.667 bits per heavy atom. The predicted molar refractivity (Wildman–Crippen MR) is 208 cm³/mol. The summed E-state index contributed by atoms with van der Waals surface area (Å²) in [5, 5.41) is 0. The molecule has 3 rings (SSSR count). The molecule has 0 amide bonds. The van der Waals surface area contributed by atoms with Crippen molar-refractivity contribution >= 4 is 45.0 Å². The molecule has 278 valence electrons. The Kier molecular flexibility index (Phi) is 15.2. The Balaban J connectivity index is 0.000000361. The Morgan fingerprint density at radius 3 is 1.47 bits per heavy atom. The largest absolute Gasteiger partial charge is 0.459 e. The normalized spacial score (nSPS) is 14.7. The summed E-state index contributed by atoms with van der Waals surface area (Å²) in [6.07, 6.45) is 6.14. The fourth-order valence-corrected chi connectivity index (χ4v) is 6.26. The summed E-state index contributed by atoms with van der Waals surface area (Å²) in [4.78, 5) is 25.4. The monoisotopic (exact) mass is 738 g/mol. The van der Waals surface area contributed by atoms with Crippen molar-refractivity contribution in [2.75, 3.05) is 6.26 Å². The van der Waals surface area contributed by atoms with Crippen molar-refractivity contribution in [3.63, 3.8) is 0 Å². The molecule has 3 aromatic carbocycles. The van der Waals surface area contributed by atoms with E-state index in [2.05, 4.69) is 13.2 Å². The molecule has 51 heavy (non-hydrogen) atoms. The first-order chi connectivity index (χ1) is 23.5. The Morgan fingerprint density at radius 2 is 1.08 bits per heavy atom. The van der Waals surface area contributed by atoms with Crippen LogP contribution in [0.1, 0.15) is 90.5 Å². The lowest BCUT2D eigenvalue weighted by molar-refractivity contribution is -0.159. The topological polar surface area (TPSA) is 113 Å². The first kappa shape index (κ1) is 43.1. The van der Waals surface area contributed by atoms with Crippen LogP contribution in [-0.2, 0) is 52.8 Å². The molecule has 0 aliphatic carbocycles. The number of ether oxygens (including phenoxy) is 2. The maximum Gasteiger partial charge on any atom is 0.328 e. The van der Waals surface area contributed by atoms with E-state index in [1.54, 1.807) is 84.9 Å². The summed E-state index contributed by atoms with van der Waals surface area (Å²) < 4.78 is 51.1. The van der Waals surface area contributed by atoms with Crippen molar-refractivity contribution in [2.45, 2.75) is 102 Å². The number of benzene rings is 3. The Labute approximate surface area is 307 Å². The second-order valence-corrected chi connectivity index (χ2v) is 18.7. The number of carbonyl (C=O) groups excluding carboxylic acids is 2. The van der Waals surface area contributed by atoms with Crippen LogP contribution in [0.15, 0.2) is 92.0 Å². The van der Waals surface area contributed by atoms with E-state index in [4.69, 9.17) is 13.7 Å². The third-order valence-corrected chi connectivity index (χ3v) is 11.4. The summed E-state index contributed by atoms with van der Waals surface area (Å²) >= 11 is -1.91. The molecule has 10 heteroatoms. The minimum atomic E-state index is -3.61. The van der Waals surface area contributed by atoms with Gasteiger partial charge in [0.1, 0.15) is 17.0 Å². The van der Waals surface area contributed by atoms with E-state index in [1.807, 2.05) is 54.6 Å². The summed E-state index contributed by atoms with van der Waals surface area (Å²) in [6, 6.07) is 24.4. The Bertz CT molecular complexity index is 1750. The lowest BCUT2D eigenvalue weighted by atomic mass is 9.99. The second kappa shape index (κ2) is 18.0. The Hall–Kier alpha value is -4.02. The molecule has 0 saturated heterocycles. The molecule has 0 aromatic heterocycles. The number of hydrogen-bond acceptors (Lipinski definition) is 8. The molecule has 0 spiro atoms.